The lowest BCUT2D eigenvalue weighted by atomic mass is 10.0. The zero-order valence-corrected chi connectivity index (χ0v) is 9.92. The van der Waals surface area contributed by atoms with Gasteiger partial charge in [-0.2, -0.15) is 5.26 Å². The van der Waals surface area contributed by atoms with Crippen LogP contribution in [0.3, 0.4) is 0 Å². The Bertz CT molecular complexity index is 395. The fraction of sp³-hybridized carbons (Fsp3) is 0.462. The number of rotatable bonds is 4. The van der Waals surface area contributed by atoms with Crippen LogP contribution in [0.5, 0.6) is 0 Å². The van der Waals surface area contributed by atoms with Crippen molar-refractivity contribution in [2.75, 3.05) is 0 Å². The second kappa shape index (κ2) is 5.62. The normalized spacial score (nSPS) is 14.2. The number of nitriles is 1. The maximum absolute atomic E-state index is 13.6. The van der Waals surface area contributed by atoms with E-state index >= 15 is 0 Å². The van der Waals surface area contributed by atoms with Crippen molar-refractivity contribution < 1.29 is 4.39 Å². The Balaban J connectivity index is 2.95. The summed E-state index contributed by atoms with van der Waals surface area (Å²) in [7, 11) is 0. The van der Waals surface area contributed by atoms with Crippen molar-refractivity contribution in [1.29, 1.82) is 5.26 Å². The van der Waals surface area contributed by atoms with E-state index in [9.17, 15) is 4.39 Å². The van der Waals surface area contributed by atoms with Gasteiger partial charge in [0.15, 0.2) is 0 Å². The van der Waals surface area contributed by atoms with Gasteiger partial charge in [0.2, 0.25) is 0 Å². The molecule has 1 rings (SSSR count). The first-order valence-corrected chi connectivity index (χ1v) is 5.50. The van der Waals surface area contributed by atoms with Crippen LogP contribution in [-0.4, -0.2) is 6.04 Å². The summed E-state index contributed by atoms with van der Waals surface area (Å²) in [5, 5.41) is 12.2. The van der Waals surface area contributed by atoms with Gasteiger partial charge in [0.1, 0.15) is 11.9 Å². The lowest BCUT2D eigenvalue weighted by Gasteiger charge is -2.17. The third kappa shape index (κ3) is 3.04. The van der Waals surface area contributed by atoms with E-state index < -0.39 is 6.04 Å². The molecule has 2 unspecified atom stereocenters. The van der Waals surface area contributed by atoms with Crippen LogP contribution < -0.4 is 5.32 Å². The van der Waals surface area contributed by atoms with Crippen molar-refractivity contribution in [2.24, 2.45) is 0 Å². The molecule has 0 aromatic heterocycles. The first-order chi connectivity index (χ1) is 7.58. The highest BCUT2D eigenvalue weighted by Crippen LogP contribution is 2.19. The summed E-state index contributed by atoms with van der Waals surface area (Å²) in [5.74, 6) is -0.326. The van der Waals surface area contributed by atoms with E-state index in [1.807, 2.05) is 20.8 Å². The lowest BCUT2D eigenvalue weighted by Crippen LogP contribution is -2.29. The van der Waals surface area contributed by atoms with Crippen LogP contribution in [0.15, 0.2) is 18.2 Å². The lowest BCUT2D eigenvalue weighted by molar-refractivity contribution is 0.485. The molecule has 0 radical (unpaired) electrons. The maximum Gasteiger partial charge on any atom is 0.129 e. The summed E-state index contributed by atoms with van der Waals surface area (Å²) in [6.45, 7) is 5.90. The fourth-order valence-corrected chi connectivity index (χ4v) is 1.48. The van der Waals surface area contributed by atoms with E-state index in [-0.39, 0.29) is 11.9 Å². The third-order valence-electron chi connectivity index (χ3n) is 2.66. The first-order valence-electron chi connectivity index (χ1n) is 5.50. The Morgan fingerprint density at radius 2 is 2.19 bits per heavy atom. The van der Waals surface area contributed by atoms with E-state index in [1.165, 1.54) is 6.07 Å². The molecule has 16 heavy (non-hydrogen) atoms. The Morgan fingerprint density at radius 3 is 2.75 bits per heavy atom. The smallest absolute Gasteiger partial charge is 0.129 e. The molecular weight excluding hydrogens is 203 g/mol. The number of nitrogens with zero attached hydrogens (tertiary/aromatic N) is 1. The van der Waals surface area contributed by atoms with Gasteiger partial charge in [-0.3, -0.25) is 5.32 Å². The molecule has 0 saturated carbocycles. The predicted octanol–water partition coefficient (Wildman–Crippen LogP) is 3.09. The van der Waals surface area contributed by atoms with Crippen LogP contribution in [0.2, 0.25) is 0 Å². The van der Waals surface area contributed by atoms with E-state index in [0.29, 0.717) is 5.56 Å². The van der Waals surface area contributed by atoms with Gasteiger partial charge in [-0.05, 0) is 26.3 Å². The highest BCUT2D eigenvalue weighted by atomic mass is 19.1. The second-order valence-electron chi connectivity index (χ2n) is 4.06. The molecular formula is C13H17FN2. The Morgan fingerprint density at radius 1 is 1.50 bits per heavy atom. The molecule has 0 bridgehead atoms. The predicted molar refractivity (Wildman–Crippen MR) is 62.4 cm³/mol. The Labute approximate surface area is 96.1 Å². The SMILES string of the molecule is CCC(C)NC(C#N)c1cc(C)ccc1F. The minimum Gasteiger partial charge on any atom is -0.296 e. The van der Waals surface area contributed by atoms with Gasteiger partial charge in [0.05, 0.1) is 6.07 Å². The third-order valence-corrected chi connectivity index (χ3v) is 2.66. The molecule has 0 spiro atoms. The molecule has 1 N–H and O–H groups in total. The molecule has 0 amide bonds. The molecule has 0 aliphatic carbocycles. The molecule has 0 heterocycles. The topological polar surface area (TPSA) is 35.8 Å². The Hall–Kier alpha value is -1.40. The quantitative estimate of drug-likeness (QED) is 0.846. The van der Waals surface area contributed by atoms with Gasteiger partial charge in [0, 0.05) is 11.6 Å². The zero-order chi connectivity index (χ0) is 12.1. The summed E-state index contributed by atoms with van der Waals surface area (Å²) in [4.78, 5) is 0. The molecule has 0 aliphatic rings. The number of aryl methyl sites for hydroxylation is 1. The minimum absolute atomic E-state index is 0.199. The summed E-state index contributed by atoms with van der Waals surface area (Å²) >= 11 is 0. The molecule has 2 nitrogen and oxygen atoms in total. The maximum atomic E-state index is 13.6. The number of nitrogens with one attached hydrogen (secondary N) is 1. The van der Waals surface area contributed by atoms with Crippen LogP contribution in [-0.2, 0) is 0 Å². The zero-order valence-electron chi connectivity index (χ0n) is 9.92. The second-order valence-corrected chi connectivity index (χ2v) is 4.06. The van der Waals surface area contributed by atoms with Crippen LogP contribution in [0.4, 0.5) is 4.39 Å². The molecule has 86 valence electrons. The monoisotopic (exact) mass is 220 g/mol. The molecule has 0 fully saturated rings. The number of halogens is 1. The largest absolute Gasteiger partial charge is 0.296 e. The van der Waals surface area contributed by atoms with E-state index in [1.54, 1.807) is 12.1 Å². The van der Waals surface area contributed by atoms with Crippen molar-refractivity contribution in [1.82, 2.24) is 5.32 Å². The number of benzene rings is 1. The highest BCUT2D eigenvalue weighted by molar-refractivity contribution is 5.30. The summed E-state index contributed by atoms with van der Waals surface area (Å²) in [5.41, 5.74) is 1.39. The van der Waals surface area contributed by atoms with Gasteiger partial charge in [-0.25, -0.2) is 4.39 Å². The van der Waals surface area contributed by atoms with Gasteiger partial charge in [0.25, 0.3) is 0 Å². The summed E-state index contributed by atoms with van der Waals surface area (Å²) in [6.07, 6.45) is 0.908. The minimum atomic E-state index is -0.574. The standard InChI is InChI=1S/C13H17FN2/c1-4-10(3)16-13(8-15)11-7-9(2)5-6-12(11)14/h5-7,10,13,16H,4H2,1-3H3. The van der Waals surface area contributed by atoms with Gasteiger partial charge in [-0.1, -0.05) is 24.6 Å². The van der Waals surface area contributed by atoms with Crippen molar-refractivity contribution in [3.63, 3.8) is 0 Å². The van der Waals surface area contributed by atoms with Crippen LogP contribution in [0, 0.1) is 24.1 Å². The van der Waals surface area contributed by atoms with E-state index in [0.717, 1.165) is 12.0 Å². The number of hydrogen-bond acceptors (Lipinski definition) is 2. The van der Waals surface area contributed by atoms with E-state index in [2.05, 4.69) is 11.4 Å². The molecule has 3 heteroatoms. The first kappa shape index (κ1) is 12.7. The molecule has 1 aromatic carbocycles. The summed E-state index contributed by atoms with van der Waals surface area (Å²) < 4.78 is 13.6. The van der Waals surface area contributed by atoms with Crippen molar-refractivity contribution in [3.05, 3.63) is 35.1 Å². The number of hydrogen-bond donors (Lipinski definition) is 1. The van der Waals surface area contributed by atoms with Crippen molar-refractivity contribution in [3.8, 4) is 6.07 Å². The van der Waals surface area contributed by atoms with Crippen LogP contribution in [0.1, 0.15) is 37.4 Å². The van der Waals surface area contributed by atoms with Crippen molar-refractivity contribution >= 4 is 0 Å². The molecule has 1 aromatic rings. The van der Waals surface area contributed by atoms with E-state index in [4.69, 9.17) is 5.26 Å². The molecule has 0 saturated heterocycles. The van der Waals surface area contributed by atoms with Gasteiger partial charge in [-0.15, -0.1) is 0 Å². The summed E-state index contributed by atoms with van der Waals surface area (Å²) in [6, 6.07) is 6.56. The van der Waals surface area contributed by atoms with Gasteiger partial charge >= 0.3 is 0 Å². The van der Waals surface area contributed by atoms with Crippen LogP contribution in [0.25, 0.3) is 0 Å². The van der Waals surface area contributed by atoms with Gasteiger partial charge < -0.3 is 0 Å². The van der Waals surface area contributed by atoms with Crippen LogP contribution >= 0.6 is 0 Å². The average Bonchev–Trinajstić information content (AvgIpc) is 2.29. The highest BCUT2D eigenvalue weighted by Gasteiger charge is 2.16. The average molecular weight is 220 g/mol. The molecule has 2 atom stereocenters. The fourth-order valence-electron chi connectivity index (χ4n) is 1.48. The van der Waals surface area contributed by atoms with Crippen molar-refractivity contribution in [2.45, 2.75) is 39.3 Å². The molecule has 0 aliphatic heterocycles. The Kier molecular flexibility index (Phi) is 4.45.